The Bertz CT molecular complexity index is 845. The molecule has 0 bridgehead atoms. The van der Waals surface area contributed by atoms with Crippen molar-refractivity contribution in [3.8, 4) is 5.75 Å². The summed E-state index contributed by atoms with van der Waals surface area (Å²) in [6.07, 6.45) is 1.81. The van der Waals surface area contributed by atoms with Gasteiger partial charge in [-0.3, -0.25) is 0 Å². The number of nitrogens with one attached hydrogen (secondary N) is 1. The molecule has 0 radical (unpaired) electrons. The molecule has 7 heteroatoms. The number of carbonyl (C=O) groups is 1. The highest BCUT2D eigenvalue weighted by molar-refractivity contribution is 5.91. The molecule has 0 saturated carbocycles. The molecule has 3 rings (SSSR count). The second kappa shape index (κ2) is 8.46. The molecule has 150 valence electrons. The van der Waals surface area contributed by atoms with E-state index in [1.807, 2.05) is 43.1 Å². The molecular weight excluding hydrogens is 354 g/mol. The largest absolute Gasteiger partial charge is 0.496 e. The minimum Gasteiger partial charge on any atom is -0.496 e. The fraction of sp³-hybridized carbons (Fsp3) is 0.476. The summed E-state index contributed by atoms with van der Waals surface area (Å²) in [6.45, 7) is 10.9. The fourth-order valence-electron chi connectivity index (χ4n) is 3.42. The van der Waals surface area contributed by atoms with Crippen molar-refractivity contribution in [3.05, 3.63) is 41.2 Å². The maximum Gasteiger partial charge on any atom is 0.321 e. The van der Waals surface area contributed by atoms with Crippen LogP contribution in [0.1, 0.15) is 36.6 Å². The van der Waals surface area contributed by atoms with Crippen LogP contribution < -0.4 is 15.0 Å². The second-order valence-electron chi connectivity index (χ2n) is 7.43. The third kappa shape index (κ3) is 4.18. The Morgan fingerprint density at radius 2 is 1.86 bits per heavy atom. The Kier molecular flexibility index (Phi) is 6.02. The minimum absolute atomic E-state index is 0.0921. The summed E-state index contributed by atoms with van der Waals surface area (Å²) in [5.41, 5.74) is 3.81. The minimum atomic E-state index is -0.0921. The first kappa shape index (κ1) is 19.9. The number of methoxy groups -OCH3 is 1. The predicted molar refractivity (Wildman–Crippen MR) is 111 cm³/mol. The van der Waals surface area contributed by atoms with Crippen LogP contribution in [0.15, 0.2) is 24.4 Å². The van der Waals surface area contributed by atoms with Gasteiger partial charge in [0.05, 0.1) is 7.11 Å². The molecule has 1 fully saturated rings. The monoisotopic (exact) mass is 383 g/mol. The van der Waals surface area contributed by atoms with Crippen molar-refractivity contribution in [2.75, 3.05) is 43.5 Å². The van der Waals surface area contributed by atoms with E-state index in [2.05, 4.69) is 34.0 Å². The van der Waals surface area contributed by atoms with Gasteiger partial charge in [-0.15, -0.1) is 0 Å². The number of carbonyl (C=O) groups excluding carboxylic acids is 1. The Balaban J connectivity index is 1.62. The zero-order valence-corrected chi connectivity index (χ0v) is 17.3. The van der Waals surface area contributed by atoms with Gasteiger partial charge in [0.15, 0.2) is 0 Å². The number of amides is 2. The molecule has 2 aromatic rings. The topological polar surface area (TPSA) is 70.6 Å². The number of aromatic nitrogens is 2. The van der Waals surface area contributed by atoms with Crippen LogP contribution in [0.5, 0.6) is 5.75 Å². The highest BCUT2D eigenvalue weighted by atomic mass is 16.5. The van der Waals surface area contributed by atoms with E-state index in [1.165, 1.54) is 0 Å². The first-order chi connectivity index (χ1) is 13.4. The van der Waals surface area contributed by atoms with Crippen LogP contribution in [0.4, 0.5) is 16.4 Å². The molecular formula is C21H29N5O2. The molecule has 2 amide bonds. The van der Waals surface area contributed by atoms with Gasteiger partial charge in [-0.05, 0) is 37.5 Å². The molecule has 0 atom stereocenters. The van der Waals surface area contributed by atoms with Crippen LogP contribution in [-0.2, 0) is 0 Å². The molecule has 1 aromatic carbocycles. The van der Waals surface area contributed by atoms with E-state index in [0.717, 1.165) is 34.2 Å². The van der Waals surface area contributed by atoms with Crippen molar-refractivity contribution >= 4 is 17.7 Å². The van der Waals surface area contributed by atoms with Gasteiger partial charge in [0.25, 0.3) is 0 Å². The van der Waals surface area contributed by atoms with Gasteiger partial charge in [-0.1, -0.05) is 19.9 Å². The molecule has 1 N–H and O–H groups in total. The smallest absolute Gasteiger partial charge is 0.321 e. The first-order valence-corrected chi connectivity index (χ1v) is 9.68. The number of benzene rings is 1. The van der Waals surface area contributed by atoms with E-state index in [-0.39, 0.29) is 6.03 Å². The first-order valence-electron chi connectivity index (χ1n) is 9.68. The number of anilines is 2. The molecule has 1 aliphatic rings. The summed E-state index contributed by atoms with van der Waals surface area (Å²) in [6, 6.07) is 5.74. The molecule has 1 saturated heterocycles. The molecule has 1 aliphatic heterocycles. The van der Waals surface area contributed by atoms with E-state index in [4.69, 9.17) is 4.74 Å². The lowest BCUT2D eigenvalue weighted by Gasteiger charge is -2.35. The number of hydrogen-bond donors (Lipinski definition) is 1. The van der Waals surface area contributed by atoms with Gasteiger partial charge in [0.1, 0.15) is 5.75 Å². The van der Waals surface area contributed by atoms with Crippen LogP contribution in [0.3, 0.4) is 0 Å². The van der Waals surface area contributed by atoms with Crippen molar-refractivity contribution in [3.63, 3.8) is 0 Å². The van der Waals surface area contributed by atoms with E-state index in [1.54, 1.807) is 7.11 Å². The number of ether oxygens (including phenoxy) is 1. The zero-order valence-electron chi connectivity index (χ0n) is 17.3. The van der Waals surface area contributed by atoms with Gasteiger partial charge >= 0.3 is 6.03 Å². The Labute approximate surface area is 166 Å². The molecule has 0 aliphatic carbocycles. The third-order valence-electron chi connectivity index (χ3n) is 5.15. The maximum atomic E-state index is 12.7. The second-order valence-corrected chi connectivity index (χ2v) is 7.43. The number of piperazine rings is 1. The number of urea groups is 1. The Morgan fingerprint density at radius 1 is 1.14 bits per heavy atom. The van der Waals surface area contributed by atoms with E-state index in [9.17, 15) is 4.79 Å². The van der Waals surface area contributed by atoms with Crippen molar-refractivity contribution in [2.45, 2.75) is 33.6 Å². The molecule has 0 spiro atoms. The predicted octanol–water partition coefficient (Wildman–Crippen LogP) is 3.58. The lowest BCUT2D eigenvalue weighted by atomic mass is 10.1. The van der Waals surface area contributed by atoms with Crippen LogP contribution in [0.2, 0.25) is 0 Å². The van der Waals surface area contributed by atoms with Crippen molar-refractivity contribution in [1.29, 1.82) is 0 Å². The van der Waals surface area contributed by atoms with Crippen LogP contribution >= 0.6 is 0 Å². The summed E-state index contributed by atoms with van der Waals surface area (Å²) in [7, 11) is 1.65. The Morgan fingerprint density at radius 3 is 2.50 bits per heavy atom. The summed E-state index contributed by atoms with van der Waals surface area (Å²) in [4.78, 5) is 25.7. The molecule has 1 aromatic heterocycles. The normalized spacial score (nSPS) is 14.4. The van der Waals surface area contributed by atoms with E-state index < -0.39 is 0 Å². The molecule has 2 heterocycles. The summed E-state index contributed by atoms with van der Waals surface area (Å²) < 4.78 is 5.45. The number of nitrogens with zero attached hydrogens (tertiary/aromatic N) is 4. The zero-order chi connectivity index (χ0) is 20.3. The van der Waals surface area contributed by atoms with Crippen LogP contribution in [-0.4, -0.2) is 54.2 Å². The third-order valence-corrected chi connectivity index (χ3v) is 5.15. The van der Waals surface area contributed by atoms with Crippen LogP contribution in [0.25, 0.3) is 0 Å². The highest BCUT2D eigenvalue weighted by Gasteiger charge is 2.23. The average Bonchev–Trinajstić information content (AvgIpc) is 2.70. The quantitative estimate of drug-likeness (QED) is 0.874. The number of rotatable bonds is 4. The summed E-state index contributed by atoms with van der Waals surface area (Å²) >= 11 is 0. The fourth-order valence-corrected chi connectivity index (χ4v) is 3.42. The average molecular weight is 383 g/mol. The molecule has 28 heavy (non-hydrogen) atoms. The summed E-state index contributed by atoms with van der Waals surface area (Å²) in [5, 5.41) is 3.02. The number of aryl methyl sites for hydroxylation is 1. The number of hydrogen-bond acceptors (Lipinski definition) is 5. The maximum absolute atomic E-state index is 12.7. The Hall–Kier alpha value is -2.83. The lowest BCUT2D eigenvalue weighted by Crippen LogP contribution is -2.50. The van der Waals surface area contributed by atoms with E-state index >= 15 is 0 Å². The highest BCUT2D eigenvalue weighted by Crippen LogP contribution is 2.29. The van der Waals surface area contributed by atoms with Crippen molar-refractivity contribution < 1.29 is 9.53 Å². The van der Waals surface area contributed by atoms with Gasteiger partial charge in [0.2, 0.25) is 5.95 Å². The van der Waals surface area contributed by atoms with Gasteiger partial charge in [-0.25, -0.2) is 14.8 Å². The standard InChI is InChI=1S/C21H29N5O2/c1-14(2)17-8-9-22-20(23-17)25-10-12-26(13-11-25)21(27)24-18-7-6-15(3)19(28-5)16(18)4/h6-9,14H,10-13H2,1-5H3,(H,24,27). The van der Waals surface area contributed by atoms with Crippen LogP contribution in [0, 0.1) is 13.8 Å². The van der Waals surface area contributed by atoms with Gasteiger partial charge in [0, 0.05) is 49.3 Å². The molecule has 0 unspecified atom stereocenters. The lowest BCUT2D eigenvalue weighted by molar-refractivity contribution is 0.208. The van der Waals surface area contributed by atoms with Crippen molar-refractivity contribution in [2.24, 2.45) is 0 Å². The summed E-state index contributed by atoms with van der Waals surface area (Å²) in [5.74, 6) is 1.92. The van der Waals surface area contributed by atoms with Gasteiger partial charge < -0.3 is 19.9 Å². The SMILES string of the molecule is COc1c(C)ccc(NC(=O)N2CCN(c3nccc(C(C)C)n3)CC2)c1C. The van der Waals surface area contributed by atoms with Gasteiger partial charge in [-0.2, -0.15) is 0 Å². The molecule has 7 nitrogen and oxygen atoms in total. The van der Waals surface area contributed by atoms with E-state index in [0.29, 0.717) is 32.1 Å². The van der Waals surface area contributed by atoms with Crippen molar-refractivity contribution in [1.82, 2.24) is 14.9 Å².